The van der Waals surface area contributed by atoms with Gasteiger partial charge < -0.3 is 14.2 Å². The van der Waals surface area contributed by atoms with Gasteiger partial charge in [-0.1, -0.05) is 330 Å². The zero-order valence-electron chi connectivity index (χ0n) is 48.9. The van der Waals surface area contributed by atoms with E-state index >= 15 is 0 Å². The van der Waals surface area contributed by atoms with Crippen molar-refractivity contribution in [1.82, 2.24) is 0 Å². The highest BCUT2D eigenvalue weighted by Gasteiger charge is 2.19. The molecule has 0 fully saturated rings. The Balaban J connectivity index is 4.28. The van der Waals surface area contributed by atoms with Crippen LogP contribution < -0.4 is 0 Å². The van der Waals surface area contributed by atoms with Gasteiger partial charge in [-0.15, -0.1) is 0 Å². The fourth-order valence-electron chi connectivity index (χ4n) is 10.1. The van der Waals surface area contributed by atoms with Crippen LogP contribution in [-0.4, -0.2) is 37.2 Å². The first-order valence-electron chi connectivity index (χ1n) is 32.2. The molecule has 1 atom stereocenters. The van der Waals surface area contributed by atoms with Crippen LogP contribution in [0.3, 0.4) is 0 Å². The van der Waals surface area contributed by atoms with E-state index in [4.69, 9.17) is 14.2 Å². The highest BCUT2D eigenvalue weighted by atomic mass is 16.6. The molecule has 0 aromatic carbocycles. The lowest BCUT2D eigenvalue weighted by Gasteiger charge is -2.18. The van der Waals surface area contributed by atoms with Crippen LogP contribution in [0.1, 0.15) is 369 Å². The number of hydrogen-bond donors (Lipinski definition) is 0. The summed E-state index contributed by atoms with van der Waals surface area (Å²) in [5.74, 6) is 0.868. The van der Waals surface area contributed by atoms with Crippen LogP contribution in [0.25, 0.3) is 0 Å². The average molecular weight is 1000 g/mol. The van der Waals surface area contributed by atoms with Crippen molar-refractivity contribution in [2.75, 3.05) is 13.2 Å². The van der Waals surface area contributed by atoms with Crippen molar-refractivity contribution in [3.8, 4) is 0 Å². The summed E-state index contributed by atoms with van der Waals surface area (Å²) >= 11 is 0. The van der Waals surface area contributed by atoms with Gasteiger partial charge in [-0.05, 0) is 31.1 Å². The van der Waals surface area contributed by atoms with E-state index in [1.165, 1.54) is 257 Å². The number of carbonyl (C=O) groups excluding carboxylic acids is 3. The molecule has 71 heavy (non-hydrogen) atoms. The molecule has 0 bridgehead atoms. The third-order valence-electron chi connectivity index (χ3n) is 15.0. The van der Waals surface area contributed by atoms with Crippen molar-refractivity contribution in [3.63, 3.8) is 0 Å². The first-order chi connectivity index (χ1) is 34.7. The molecule has 0 radical (unpaired) electrons. The normalized spacial score (nSPS) is 12.0. The van der Waals surface area contributed by atoms with E-state index in [-0.39, 0.29) is 31.1 Å². The summed E-state index contributed by atoms with van der Waals surface area (Å²) in [6.45, 7) is 11.5. The second-order valence-electron chi connectivity index (χ2n) is 23.4. The smallest absolute Gasteiger partial charge is 0.306 e. The van der Waals surface area contributed by atoms with Gasteiger partial charge in [-0.3, -0.25) is 14.4 Å². The van der Waals surface area contributed by atoms with Crippen molar-refractivity contribution in [3.05, 3.63) is 0 Å². The lowest BCUT2D eigenvalue weighted by atomic mass is 10.0. The minimum Gasteiger partial charge on any atom is -0.462 e. The zero-order chi connectivity index (χ0) is 51.8. The first kappa shape index (κ1) is 69.4. The van der Waals surface area contributed by atoms with Gasteiger partial charge in [-0.2, -0.15) is 0 Å². The van der Waals surface area contributed by atoms with Gasteiger partial charge >= 0.3 is 17.9 Å². The molecule has 6 heteroatoms. The number of ether oxygens (including phenoxy) is 3. The quantitative estimate of drug-likeness (QED) is 0.0343. The Morgan fingerprint density at radius 2 is 0.465 bits per heavy atom. The molecule has 0 saturated carbocycles. The molecule has 0 amide bonds. The molecule has 6 nitrogen and oxygen atoms in total. The number of rotatable bonds is 59. The maximum Gasteiger partial charge on any atom is 0.306 e. The molecule has 0 unspecified atom stereocenters. The molecule has 0 spiro atoms. The molecular formula is C65H126O6. The van der Waals surface area contributed by atoms with E-state index in [2.05, 4.69) is 34.6 Å². The van der Waals surface area contributed by atoms with Crippen LogP contribution in [0, 0.1) is 11.8 Å². The van der Waals surface area contributed by atoms with Gasteiger partial charge in [0.2, 0.25) is 0 Å². The van der Waals surface area contributed by atoms with Crippen molar-refractivity contribution >= 4 is 17.9 Å². The Morgan fingerprint density at radius 3 is 0.690 bits per heavy atom. The van der Waals surface area contributed by atoms with Crippen LogP contribution in [0.15, 0.2) is 0 Å². The largest absolute Gasteiger partial charge is 0.462 e. The summed E-state index contributed by atoms with van der Waals surface area (Å²) < 4.78 is 17.0. The topological polar surface area (TPSA) is 78.9 Å². The van der Waals surface area contributed by atoms with Gasteiger partial charge in [0.15, 0.2) is 6.10 Å². The highest BCUT2D eigenvalue weighted by molar-refractivity contribution is 5.71. The third kappa shape index (κ3) is 59.2. The molecule has 0 aliphatic heterocycles. The van der Waals surface area contributed by atoms with Crippen molar-refractivity contribution in [1.29, 1.82) is 0 Å². The van der Waals surface area contributed by atoms with E-state index in [1.54, 1.807) is 0 Å². The second-order valence-corrected chi connectivity index (χ2v) is 23.4. The first-order valence-corrected chi connectivity index (χ1v) is 32.2. The summed E-state index contributed by atoms with van der Waals surface area (Å²) in [5.41, 5.74) is 0. The molecule has 0 heterocycles. The van der Waals surface area contributed by atoms with Crippen LogP contribution in [0.2, 0.25) is 0 Å². The van der Waals surface area contributed by atoms with Crippen LogP contribution in [-0.2, 0) is 28.6 Å². The van der Waals surface area contributed by atoms with Crippen molar-refractivity contribution in [2.24, 2.45) is 11.8 Å². The van der Waals surface area contributed by atoms with E-state index in [0.29, 0.717) is 19.3 Å². The van der Waals surface area contributed by atoms with Gasteiger partial charge in [0.1, 0.15) is 13.2 Å². The third-order valence-corrected chi connectivity index (χ3v) is 15.0. The Hall–Kier alpha value is -1.59. The molecule has 0 N–H and O–H groups in total. The lowest BCUT2D eigenvalue weighted by molar-refractivity contribution is -0.167. The maximum absolute atomic E-state index is 12.9. The predicted molar refractivity (Wildman–Crippen MR) is 307 cm³/mol. The molecule has 422 valence electrons. The summed E-state index contributed by atoms with van der Waals surface area (Å²) in [6.07, 6.45) is 63.9. The Kier molecular flexibility index (Phi) is 56.4. The summed E-state index contributed by atoms with van der Waals surface area (Å²) in [6, 6.07) is 0. The molecule has 0 rings (SSSR count). The molecule has 0 aliphatic rings. The fourth-order valence-corrected chi connectivity index (χ4v) is 10.1. The van der Waals surface area contributed by atoms with E-state index in [9.17, 15) is 14.4 Å². The van der Waals surface area contributed by atoms with Crippen LogP contribution >= 0.6 is 0 Å². The summed E-state index contributed by atoms with van der Waals surface area (Å²) in [5, 5.41) is 0. The van der Waals surface area contributed by atoms with Crippen molar-refractivity contribution < 1.29 is 28.6 Å². The number of hydrogen-bond acceptors (Lipinski definition) is 6. The predicted octanol–water partition coefficient (Wildman–Crippen LogP) is 21.6. The molecular weight excluding hydrogens is 877 g/mol. The monoisotopic (exact) mass is 1000 g/mol. The summed E-state index contributed by atoms with van der Waals surface area (Å²) in [4.78, 5) is 38.3. The molecule has 0 aliphatic carbocycles. The average Bonchev–Trinajstić information content (AvgIpc) is 3.35. The SMILES string of the molecule is CCCCCCCCCCCCCCCCCCCC(=O)O[C@H](COC(=O)CCCCCCCCCCCCCCCCCCC(C)C)COC(=O)CCCCCCCCCCCCCCCCC(C)C. The van der Waals surface area contributed by atoms with Gasteiger partial charge in [0, 0.05) is 19.3 Å². The van der Waals surface area contributed by atoms with E-state index in [0.717, 1.165) is 69.6 Å². The second kappa shape index (κ2) is 57.7. The maximum atomic E-state index is 12.9. The number of unbranched alkanes of at least 4 members (excludes halogenated alkanes) is 44. The molecule has 0 aromatic rings. The zero-order valence-corrected chi connectivity index (χ0v) is 48.9. The van der Waals surface area contributed by atoms with Gasteiger partial charge in [0.25, 0.3) is 0 Å². The lowest BCUT2D eigenvalue weighted by Crippen LogP contribution is -2.30. The Morgan fingerprint density at radius 1 is 0.268 bits per heavy atom. The van der Waals surface area contributed by atoms with Crippen LogP contribution in [0.5, 0.6) is 0 Å². The molecule has 0 saturated heterocycles. The Bertz CT molecular complexity index is 1090. The highest BCUT2D eigenvalue weighted by Crippen LogP contribution is 2.19. The van der Waals surface area contributed by atoms with E-state index < -0.39 is 6.10 Å². The van der Waals surface area contributed by atoms with Gasteiger partial charge in [-0.25, -0.2) is 0 Å². The summed E-state index contributed by atoms with van der Waals surface area (Å²) in [7, 11) is 0. The molecule has 0 aromatic heterocycles. The fraction of sp³-hybridized carbons (Fsp3) is 0.954. The van der Waals surface area contributed by atoms with Gasteiger partial charge in [0.05, 0.1) is 0 Å². The number of esters is 3. The van der Waals surface area contributed by atoms with Crippen LogP contribution in [0.4, 0.5) is 0 Å². The number of carbonyl (C=O) groups is 3. The Labute approximate surface area is 444 Å². The van der Waals surface area contributed by atoms with Crippen molar-refractivity contribution in [2.45, 2.75) is 375 Å². The standard InChI is InChI=1S/C65H126O6/c1-6-7-8-9-10-11-12-13-14-15-20-27-32-37-42-47-52-57-65(68)71-62(59-70-64(67)56-51-46-41-36-31-26-22-21-24-29-34-39-44-49-54-61(4)5)58-69-63(66)55-50-45-40-35-30-25-19-17-16-18-23-28-33-38-43-48-53-60(2)3/h60-62H,6-59H2,1-5H3/t62-/m1/s1. The van der Waals surface area contributed by atoms with E-state index in [1.807, 2.05) is 0 Å². The minimum atomic E-state index is -0.764. The minimum absolute atomic E-state index is 0.0617.